The minimum absolute atomic E-state index is 0.0190. The van der Waals surface area contributed by atoms with Gasteiger partial charge in [-0.25, -0.2) is 13.2 Å². The van der Waals surface area contributed by atoms with Crippen LogP contribution < -0.4 is 5.32 Å². The fourth-order valence-electron chi connectivity index (χ4n) is 2.73. The minimum Gasteiger partial charge on any atom is -0.452 e. The normalized spacial score (nSPS) is 14.4. The van der Waals surface area contributed by atoms with Gasteiger partial charge in [-0.3, -0.25) is 4.79 Å². The molecule has 0 bridgehead atoms. The van der Waals surface area contributed by atoms with Crippen molar-refractivity contribution in [2.24, 2.45) is 0 Å². The Morgan fingerprint density at radius 1 is 1.25 bits per heavy atom. The molecule has 28 heavy (non-hydrogen) atoms. The number of nitrogens with one attached hydrogen (secondary N) is 1. The summed E-state index contributed by atoms with van der Waals surface area (Å²) in [5.74, 6) is -1.39. The van der Waals surface area contributed by atoms with Crippen molar-refractivity contribution < 1.29 is 22.7 Å². The molecule has 3 rings (SSSR count). The highest BCUT2D eigenvalue weighted by atomic mass is 32.2. The number of rotatable bonds is 6. The van der Waals surface area contributed by atoms with Crippen molar-refractivity contribution in [1.29, 1.82) is 5.26 Å². The summed E-state index contributed by atoms with van der Waals surface area (Å²) in [6.07, 6.45) is 1.63. The Labute approximate surface area is 166 Å². The van der Waals surface area contributed by atoms with Gasteiger partial charge in [-0.1, -0.05) is 6.07 Å². The van der Waals surface area contributed by atoms with Gasteiger partial charge in [0.05, 0.1) is 16.0 Å². The van der Waals surface area contributed by atoms with Crippen LogP contribution >= 0.6 is 11.3 Å². The number of anilines is 1. The average molecular weight is 419 g/mol. The van der Waals surface area contributed by atoms with E-state index in [1.54, 1.807) is 11.4 Å². The Balaban J connectivity index is 1.63. The second-order valence-electron chi connectivity index (χ2n) is 6.04. The number of hydrogen-bond donors (Lipinski definition) is 1. The number of hydrogen-bond acceptors (Lipinski definition) is 7. The topological polar surface area (TPSA) is 117 Å². The van der Waals surface area contributed by atoms with Crippen LogP contribution in [0.3, 0.4) is 0 Å². The fourth-order valence-corrected chi connectivity index (χ4v) is 5.05. The van der Waals surface area contributed by atoms with Crippen LogP contribution in [0.15, 0.2) is 40.6 Å². The van der Waals surface area contributed by atoms with E-state index in [0.717, 1.165) is 12.8 Å². The summed E-state index contributed by atoms with van der Waals surface area (Å²) in [7, 11) is -3.65. The summed E-state index contributed by atoms with van der Waals surface area (Å²) in [6.45, 7) is 0.375. The smallest absolute Gasteiger partial charge is 0.338 e. The first-order valence-electron chi connectivity index (χ1n) is 8.46. The monoisotopic (exact) mass is 419 g/mol. The first-order chi connectivity index (χ1) is 13.4. The van der Waals surface area contributed by atoms with E-state index in [1.807, 2.05) is 6.07 Å². The molecule has 2 aromatic rings. The molecule has 1 saturated heterocycles. The first kappa shape index (κ1) is 20.0. The molecule has 1 fully saturated rings. The van der Waals surface area contributed by atoms with Crippen LogP contribution in [-0.4, -0.2) is 44.3 Å². The Morgan fingerprint density at radius 2 is 2.00 bits per heavy atom. The standard InChI is InChI=1S/C18H17N3O5S2/c19-11-14-6-9-27-17(14)20-16(22)12-26-18(23)13-4-3-5-15(10-13)28(24,25)21-7-1-2-8-21/h3-6,9-10H,1-2,7-8,12H2,(H,20,22). The number of amides is 1. The molecule has 146 valence electrons. The van der Waals surface area contributed by atoms with Crippen LogP contribution in [0, 0.1) is 11.3 Å². The van der Waals surface area contributed by atoms with E-state index in [2.05, 4.69) is 5.32 Å². The molecular formula is C18H17N3O5S2. The van der Waals surface area contributed by atoms with Crippen LogP contribution in [-0.2, 0) is 19.6 Å². The van der Waals surface area contributed by atoms with E-state index in [-0.39, 0.29) is 10.5 Å². The number of carbonyl (C=O) groups is 2. The molecule has 10 heteroatoms. The summed E-state index contributed by atoms with van der Waals surface area (Å²) < 4.78 is 31.6. The molecule has 1 aliphatic rings. The Bertz CT molecular complexity index is 1030. The zero-order valence-electron chi connectivity index (χ0n) is 14.8. The third-order valence-electron chi connectivity index (χ3n) is 4.15. The van der Waals surface area contributed by atoms with Gasteiger partial charge < -0.3 is 10.1 Å². The van der Waals surface area contributed by atoms with Crippen LogP contribution in [0.5, 0.6) is 0 Å². The van der Waals surface area contributed by atoms with Gasteiger partial charge in [0.2, 0.25) is 10.0 Å². The number of nitriles is 1. The first-order valence-corrected chi connectivity index (χ1v) is 10.8. The van der Waals surface area contributed by atoms with Gasteiger partial charge in [-0.05, 0) is 42.5 Å². The number of thiophene rings is 1. The SMILES string of the molecule is N#Cc1ccsc1NC(=O)COC(=O)c1cccc(S(=O)(=O)N2CCCC2)c1. The third-order valence-corrected chi connectivity index (χ3v) is 6.87. The molecule has 1 aliphatic heterocycles. The Kier molecular flexibility index (Phi) is 6.08. The van der Waals surface area contributed by atoms with Gasteiger partial charge in [-0.15, -0.1) is 11.3 Å². The van der Waals surface area contributed by atoms with Crippen LogP contribution in [0.2, 0.25) is 0 Å². The van der Waals surface area contributed by atoms with Gasteiger partial charge in [0.15, 0.2) is 6.61 Å². The lowest BCUT2D eigenvalue weighted by Crippen LogP contribution is -2.28. The van der Waals surface area contributed by atoms with Gasteiger partial charge in [-0.2, -0.15) is 9.57 Å². The molecule has 0 aliphatic carbocycles. The van der Waals surface area contributed by atoms with Crippen molar-refractivity contribution in [2.45, 2.75) is 17.7 Å². The maximum Gasteiger partial charge on any atom is 0.338 e. The van der Waals surface area contributed by atoms with Gasteiger partial charge >= 0.3 is 5.97 Å². The van der Waals surface area contributed by atoms with Crippen molar-refractivity contribution in [1.82, 2.24) is 4.31 Å². The van der Waals surface area contributed by atoms with E-state index in [9.17, 15) is 18.0 Å². The zero-order chi connectivity index (χ0) is 20.1. The third kappa shape index (κ3) is 4.39. The summed E-state index contributed by atoms with van der Waals surface area (Å²) in [4.78, 5) is 24.2. The summed E-state index contributed by atoms with van der Waals surface area (Å²) in [5, 5.41) is 13.5. The second kappa shape index (κ2) is 8.52. The molecule has 8 nitrogen and oxygen atoms in total. The molecule has 0 radical (unpaired) electrons. The molecule has 2 heterocycles. The molecule has 0 atom stereocenters. The number of sulfonamides is 1. The van der Waals surface area contributed by atoms with Gasteiger partial charge in [0.1, 0.15) is 11.1 Å². The van der Waals surface area contributed by atoms with Crippen molar-refractivity contribution in [3.63, 3.8) is 0 Å². The largest absolute Gasteiger partial charge is 0.452 e. The average Bonchev–Trinajstić information content (AvgIpc) is 3.38. The minimum atomic E-state index is -3.65. The van der Waals surface area contributed by atoms with Crippen molar-refractivity contribution >= 4 is 38.2 Å². The van der Waals surface area contributed by atoms with Crippen molar-refractivity contribution in [3.05, 3.63) is 46.8 Å². The molecule has 1 N–H and O–H groups in total. The fraction of sp³-hybridized carbons (Fsp3) is 0.278. The lowest BCUT2D eigenvalue weighted by atomic mass is 10.2. The summed E-state index contributed by atoms with van der Waals surface area (Å²) in [5.41, 5.74) is 0.367. The second-order valence-corrected chi connectivity index (χ2v) is 8.89. The van der Waals surface area contributed by atoms with Crippen molar-refractivity contribution in [3.8, 4) is 6.07 Å². The molecule has 1 aromatic heterocycles. The highest BCUT2D eigenvalue weighted by Gasteiger charge is 2.27. The zero-order valence-corrected chi connectivity index (χ0v) is 16.4. The highest BCUT2D eigenvalue weighted by molar-refractivity contribution is 7.89. The molecular weight excluding hydrogens is 402 g/mol. The molecule has 0 unspecified atom stereocenters. The number of carbonyl (C=O) groups excluding carboxylic acids is 2. The van der Waals surface area contributed by atoms with Crippen LogP contribution in [0.4, 0.5) is 5.00 Å². The Morgan fingerprint density at radius 3 is 2.71 bits per heavy atom. The highest BCUT2D eigenvalue weighted by Crippen LogP contribution is 2.23. The number of ether oxygens (including phenoxy) is 1. The Hall–Kier alpha value is -2.74. The maximum atomic E-state index is 12.6. The van der Waals surface area contributed by atoms with Crippen molar-refractivity contribution in [2.75, 3.05) is 25.0 Å². The molecule has 1 amide bonds. The predicted octanol–water partition coefficient (Wildman–Crippen LogP) is 2.20. The number of benzene rings is 1. The van der Waals surface area contributed by atoms with E-state index >= 15 is 0 Å². The van der Waals surface area contributed by atoms with Crippen LogP contribution in [0.1, 0.15) is 28.8 Å². The predicted molar refractivity (Wildman–Crippen MR) is 102 cm³/mol. The molecule has 0 spiro atoms. The molecule has 0 saturated carbocycles. The van der Waals surface area contributed by atoms with Gasteiger partial charge in [0, 0.05) is 13.1 Å². The lowest BCUT2D eigenvalue weighted by molar-refractivity contribution is -0.119. The van der Waals surface area contributed by atoms with Crippen LogP contribution in [0.25, 0.3) is 0 Å². The summed E-state index contributed by atoms with van der Waals surface area (Å²) >= 11 is 1.18. The number of nitrogens with zero attached hydrogens (tertiary/aromatic N) is 2. The summed E-state index contributed by atoms with van der Waals surface area (Å²) in [6, 6.07) is 9.08. The number of esters is 1. The van der Waals surface area contributed by atoms with E-state index < -0.39 is 28.5 Å². The lowest BCUT2D eigenvalue weighted by Gasteiger charge is -2.15. The quantitative estimate of drug-likeness (QED) is 0.718. The van der Waals surface area contributed by atoms with E-state index in [1.165, 1.54) is 39.9 Å². The molecule has 1 aromatic carbocycles. The van der Waals surface area contributed by atoms with E-state index in [4.69, 9.17) is 10.00 Å². The van der Waals surface area contributed by atoms with E-state index in [0.29, 0.717) is 23.7 Å². The maximum absolute atomic E-state index is 12.6. The van der Waals surface area contributed by atoms with Gasteiger partial charge in [0.25, 0.3) is 5.91 Å².